The molecule has 0 bridgehead atoms. The van der Waals surface area contributed by atoms with E-state index >= 15 is 0 Å². The largest absolute Gasteiger partial charge is 0.497 e. The molecule has 1 heterocycles. The summed E-state index contributed by atoms with van der Waals surface area (Å²) in [7, 11) is -1.70. The highest BCUT2D eigenvalue weighted by Gasteiger charge is 2.27. The molecule has 32 heavy (non-hydrogen) atoms. The van der Waals surface area contributed by atoms with Crippen molar-refractivity contribution in [2.24, 2.45) is 10.7 Å². The number of nitrogens with one attached hydrogen (secondary N) is 1. The molecule has 0 aromatic heterocycles. The molecule has 3 aromatic carbocycles. The average molecular weight is 468 g/mol. The van der Waals surface area contributed by atoms with E-state index < -0.39 is 15.9 Å². The van der Waals surface area contributed by atoms with E-state index in [4.69, 9.17) is 22.1 Å². The number of halogens is 1. The molecule has 164 valence electrons. The van der Waals surface area contributed by atoms with Gasteiger partial charge in [0.15, 0.2) is 15.8 Å². The Morgan fingerprint density at radius 2 is 1.53 bits per heavy atom. The van der Waals surface area contributed by atoms with Crippen LogP contribution in [0.2, 0.25) is 5.02 Å². The summed E-state index contributed by atoms with van der Waals surface area (Å²) in [6.45, 7) is 0. The molecule has 1 aliphatic heterocycles. The second kappa shape index (κ2) is 8.68. The van der Waals surface area contributed by atoms with E-state index in [0.29, 0.717) is 5.02 Å². The number of hydrogen-bond donors (Lipinski definition) is 2. The van der Waals surface area contributed by atoms with Gasteiger partial charge in [-0.15, -0.1) is 0 Å². The first kappa shape index (κ1) is 21.9. The van der Waals surface area contributed by atoms with Gasteiger partial charge in [0, 0.05) is 16.9 Å². The third-order valence-electron chi connectivity index (χ3n) is 5.22. The summed E-state index contributed by atoms with van der Waals surface area (Å²) in [5, 5.41) is 3.81. The smallest absolute Gasteiger partial charge is 0.194 e. The van der Waals surface area contributed by atoms with E-state index in [0.717, 1.165) is 33.7 Å². The number of methoxy groups -OCH3 is 1. The first-order chi connectivity index (χ1) is 15.3. The van der Waals surface area contributed by atoms with Crippen LogP contribution in [0.1, 0.15) is 22.7 Å². The summed E-state index contributed by atoms with van der Waals surface area (Å²) >= 11 is 6.09. The summed E-state index contributed by atoms with van der Waals surface area (Å²) in [6.07, 6.45) is 1.19. The second-order valence-electron chi connectivity index (χ2n) is 7.41. The normalized spacial score (nSPS) is 16.3. The summed E-state index contributed by atoms with van der Waals surface area (Å²) in [6, 6.07) is 21.4. The van der Waals surface area contributed by atoms with Crippen molar-refractivity contribution in [3.63, 3.8) is 0 Å². The molecule has 0 radical (unpaired) electrons. The van der Waals surface area contributed by atoms with Gasteiger partial charge >= 0.3 is 0 Å². The maximum Gasteiger partial charge on any atom is 0.194 e. The fraction of sp³-hybridized carbons (Fsp3) is 0.125. The molecule has 6 nitrogen and oxygen atoms in total. The first-order valence-electron chi connectivity index (χ1n) is 9.81. The number of guanidine groups is 1. The molecule has 1 unspecified atom stereocenters. The number of aliphatic imine (C=N–C) groups is 1. The molecular weight excluding hydrogens is 446 g/mol. The number of hydrogen-bond acceptors (Lipinski definition) is 6. The zero-order valence-electron chi connectivity index (χ0n) is 17.5. The topological polar surface area (TPSA) is 93.8 Å². The van der Waals surface area contributed by atoms with Crippen LogP contribution in [0.5, 0.6) is 5.75 Å². The van der Waals surface area contributed by atoms with Gasteiger partial charge in [-0.25, -0.2) is 13.4 Å². The lowest BCUT2D eigenvalue weighted by Crippen LogP contribution is -2.35. The molecule has 0 fully saturated rings. The van der Waals surface area contributed by atoms with Gasteiger partial charge in [0.25, 0.3) is 0 Å². The van der Waals surface area contributed by atoms with Crippen molar-refractivity contribution < 1.29 is 13.2 Å². The third-order valence-corrected chi connectivity index (χ3v) is 6.60. The van der Waals surface area contributed by atoms with Crippen molar-refractivity contribution >= 4 is 38.7 Å². The van der Waals surface area contributed by atoms with Crippen molar-refractivity contribution in [2.75, 3.05) is 13.4 Å². The predicted octanol–water partition coefficient (Wildman–Crippen LogP) is 4.28. The third kappa shape index (κ3) is 4.49. The van der Waals surface area contributed by atoms with E-state index in [1.807, 2.05) is 36.4 Å². The van der Waals surface area contributed by atoms with Crippen LogP contribution in [0, 0.1) is 0 Å². The Kier molecular flexibility index (Phi) is 5.95. The van der Waals surface area contributed by atoms with Crippen LogP contribution in [0.3, 0.4) is 0 Å². The van der Waals surface area contributed by atoms with Gasteiger partial charge in [-0.1, -0.05) is 48.0 Å². The minimum absolute atomic E-state index is 0.252. The van der Waals surface area contributed by atoms with E-state index in [1.165, 1.54) is 6.26 Å². The number of benzene rings is 3. The van der Waals surface area contributed by atoms with Gasteiger partial charge in [0.05, 0.1) is 17.7 Å². The number of rotatable bonds is 5. The van der Waals surface area contributed by atoms with E-state index in [1.54, 1.807) is 43.5 Å². The Morgan fingerprint density at radius 3 is 2.09 bits per heavy atom. The molecule has 8 heteroatoms. The molecule has 0 amide bonds. The van der Waals surface area contributed by atoms with Crippen LogP contribution in [0.15, 0.2) is 82.7 Å². The van der Waals surface area contributed by atoms with Crippen LogP contribution in [0.4, 0.5) is 0 Å². The quantitative estimate of drug-likeness (QED) is 0.584. The number of nitrogens with zero attached hydrogens (tertiary/aromatic N) is 1. The van der Waals surface area contributed by atoms with Gasteiger partial charge in [0.1, 0.15) is 11.8 Å². The van der Waals surface area contributed by atoms with Gasteiger partial charge in [-0.2, -0.15) is 0 Å². The maximum absolute atomic E-state index is 11.9. The van der Waals surface area contributed by atoms with Crippen LogP contribution in [0.25, 0.3) is 11.3 Å². The zero-order valence-corrected chi connectivity index (χ0v) is 19.1. The fourth-order valence-electron chi connectivity index (χ4n) is 3.62. The predicted molar refractivity (Wildman–Crippen MR) is 128 cm³/mol. The molecule has 4 rings (SSSR count). The lowest BCUT2D eigenvalue weighted by molar-refractivity contribution is 0.414. The fourth-order valence-corrected chi connectivity index (χ4v) is 4.38. The SMILES string of the molecule is COc1ccc(C2N=C(N)NC(c3ccc(Cl)cc3)=C2c2ccc(S(C)(=O)=O)cc2)cc1. The Balaban J connectivity index is 1.92. The number of ether oxygens (including phenoxy) is 1. The molecule has 1 aliphatic rings. The molecule has 0 saturated carbocycles. The molecule has 0 saturated heterocycles. The Morgan fingerprint density at radius 1 is 0.938 bits per heavy atom. The molecule has 3 aromatic rings. The minimum atomic E-state index is -3.31. The molecule has 3 N–H and O–H groups in total. The van der Waals surface area contributed by atoms with Crippen molar-refractivity contribution in [3.8, 4) is 5.75 Å². The number of nitrogens with two attached hydrogens (primary N) is 1. The van der Waals surface area contributed by atoms with Gasteiger partial charge in [0.2, 0.25) is 0 Å². The van der Waals surface area contributed by atoms with Gasteiger partial charge < -0.3 is 15.8 Å². The Hall–Kier alpha value is -3.29. The average Bonchev–Trinajstić information content (AvgIpc) is 2.78. The van der Waals surface area contributed by atoms with Crippen molar-refractivity contribution in [3.05, 3.63) is 94.5 Å². The summed E-state index contributed by atoms with van der Waals surface area (Å²) in [4.78, 5) is 4.92. The highest BCUT2D eigenvalue weighted by atomic mass is 35.5. The standard InChI is InChI=1S/C24H22ClN3O3S/c1-31-19-11-5-17(6-12-19)23-21(15-7-13-20(14-8-15)32(2,29)30)22(27-24(26)28-23)16-3-9-18(25)10-4-16/h3-14,23H,1-2H3,(H3,26,27,28). The monoisotopic (exact) mass is 467 g/mol. The molecular formula is C24H22ClN3O3S. The zero-order chi connectivity index (χ0) is 22.9. The Bertz CT molecular complexity index is 1300. The minimum Gasteiger partial charge on any atom is -0.497 e. The summed E-state index contributed by atoms with van der Waals surface area (Å²) < 4.78 is 29.2. The highest BCUT2D eigenvalue weighted by Crippen LogP contribution is 2.41. The summed E-state index contributed by atoms with van der Waals surface area (Å²) in [5.41, 5.74) is 10.4. The van der Waals surface area contributed by atoms with Crippen molar-refractivity contribution in [1.82, 2.24) is 5.32 Å². The van der Waals surface area contributed by atoms with Crippen LogP contribution >= 0.6 is 11.6 Å². The number of sulfone groups is 1. The van der Waals surface area contributed by atoms with Crippen LogP contribution in [-0.4, -0.2) is 27.7 Å². The van der Waals surface area contributed by atoms with Crippen LogP contribution in [-0.2, 0) is 9.84 Å². The Labute approximate surface area is 192 Å². The molecule has 1 atom stereocenters. The van der Waals surface area contributed by atoms with Crippen molar-refractivity contribution in [2.45, 2.75) is 10.9 Å². The maximum atomic E-state index is 11.9. The van der Waals surface area contributed by atoms with E-state index in [9.17, 15) is 8.42 Å². The molecule has 0 aliphatic carbocycles. The van der Waals surface area contributed by atoms with Gasteiger partial charge in [-0.05, 0) is 53.1 Å². The van der Waals surface area contributed by atoms with E-state index in [2.05, 4.69) is 10.3 Å². The lowest BCUT2D eigenvalue weighted by Gasteiger charge is -2.28. The van der Waals surface area contributed by atoms with Gasteiger partial charge in [-0.3, -0.25) is 0 Å². The first-order valence-corrected chi connectivity index (χ1v) is 12.1. The second-order valence-corrected chi connectivity index (χ2v) is 9.86. The highest BCUT2D eigenvalue weighted by molar-refractivity contribution is 7.90. The van der Waals surface area contributed by atoms with Crippen LogP contribution < -0.4 is 15.8 Å². The molecule has 0 spiro atoms. The van der Waals surface area contributed by atoms with E-state index in [-0.39, 0.29) is 10.9 Å². The lowest BCUT2D eigenvalue weighted by atomic mass is 9.88. The summed E-state index contributed by atoms with van der Waals surface area (Å²) in [5.74, 6) is 1.02. The van der Waals surface area contributed by atoms with Crippen molar-refractivity contribution in [1.29, 1.82) is 0 Å².